The van der Waals surface area contributed by atoms with Gasteiger partial charge >= 0.3 is 5.97 Å². The number of aliphatic hydroxyl groups is 2. The SMILES string of the molecule is CCCCCCCCCCCCC/C=C/C(O)C(CO)NC(=O)CCCCCCCCCCCCCCCCCCCCCCCCCCCCCOC(=O)CCCCCCCCCCCCCCCCCCC. The van der Waals surface area contributed by atoms with Crippen LogP contribution in [0, 0.1) is 0 Å². The average molecular weight is 1040 g/mol. The molecule has 0 fully saturated rings. The van der Waals surface area contributed by atoms with Crippen molar-refractivity contribution >= 4 is 11.9 Å². The monoisotopic (exact) mass is 1040 g/mol. The van der Waals surface area contributed by atoms with Crippen LogP contribution in [0.1, 0.15) is 386 Å². The Morgan fingerprint density at radius 2 is 0.622 bits per heavy atom. The van der Waals surface area contributed by atoms with Gasteiger partial charge in [-0.1, -0.05) is 353 Å². The highest BCUT2D eigenvalue weighted by Gasteiger charge is 2.18. The normalized spacial score (nSPS) is 12.5. The third kappa shape index (κ3) is 59.8. The standard InChI is InChI=1S/C68H133NO5/c1-3-5-7-9-11-13-15-17-18-30-34-38-42-46-50-54-58-62-68(73)74-63-59-55-51-47-43-39-35-32-29-27-25-23-21-19-20-22-24-26-28-31-33-37-41-45-49-53-57-61-67(72)69-65(64-70)66(71)60-56-52-48-44-40-36-16-14-12-10-8-6-4-2/h56,60,65-66,70-71H,3-55,57-59,61-64H2,1-2H3,(H,69,72)/b60-56+. The molecule has 0 aromatic rings. The molecule has 0 aliphatic heterocycles. The van der Waals surface area contributed by atoms with Gasteiger partial charge in [0.15, 0.2) is 0 Å². The highest BCUT2D eigenvalue weighted by molar-refractivity contribution is 5.76. The minimum atomic E-state index is -0.841. The van der Waals surface area contributed by atoms with Crippen LogP contribution in [0.3, 0.4) is 0 Å². The number of hydrogen-bond acceptors (Lipinski definition) is 5. The van der Waals surface area contributed by atoms with Gasteiger partial charge in [0.05, 0.1) is 25.4 Å². The van der Waals surface area contributed by atoms with E-state index < -0.39 is 12.1 Å². The third-order valence-electron chi connectivity index (χ3n) is 16.1. The maximum Gasteiger partial charge on any atom is 0.305 e. The van der Waals surface area contributed by atoms with Gasteiger partial charge in [0.25, 0.3) is 0 Å². The van der Waals surface area contributed by atoms with Gasteiger partial charge in [-0.2, -0.15) is 0 Å². The van der Waals surface area contributed by atoms with Crippen LogP contribution in [0.2, 0.25) is 0 Å². The lowest BCUT2D eigenvalue weighted by Gasteiger charge is -2.20. The molecular weight excluding hydrogens is 911 g/mol. The lowest BCUT2D eigenvalue weighted by molar-refractivity contribution is -0.143. The second-order valence-electron chi connectivity index (χ2n) is 23.5. The van der Waals surface area contributed by atoms with E-state index >= 15 is 0 Å². The fourth-order valence-corrected chi connectivity index (χ4v) is 10.9. The molecular formula is C68H133NO5. The van der Waals surface area contributed by atoms with Crippen LogP contribution in [-0.4, -0.2) is 47.4 Å². The number of esters is 1. The van der Waals surface area contributed by atoms with Gasteiger partial charge in [-0.3, -0.25) is 9.59 Å². The molecule has 0 bridgehead atoms. The first-order valence-electron chi connectivity index (χ1n) is 34.0. The topological polar surface area (TPSA) is 95.9 Å². The molecule has 0 aliphatic carbocycles. The van der Waals surface area contributed by atoms with Gasteiger partial charge in [0, 0.05) is 12.8 Å². The summed E-state index contributed by atoms with van der Waals surface area (Å²) in [6, 6.07) is -0.624. The summed E-state index contributed by atoms with van der Waals surface area (Å²) in [6.45, 7) is 4.94. The van der Waals surface area contributed by atoms with Crippen molar-refractivity contribution in [3.8, 4) is 0 Å². The Morgan fingerprint density at radius 1 is 0.365 bits per heavy atom. The Balaban J connectivity index is 3.33. The average Bonchev–Trinajstić information content (AvgIpc) is 3.40. The first-order chi connectivity index (χ1) is 36.5. The Labute approximate surface area is 463 Å². The Morgan fingerprint density at radius 3 is 0.919 bits per heavy atom. The van der Waals surface area contributed by atoms with Crippen LogP contribution in [0.25, 0.3) is 0 Å². The number of carbonyl (C=O) groups excluding carboxylic acids is 2. The van der Waals surface area contributed by atoms with Crippen LogP contribution in [-0.2, 0) is 14.3 Å². The van der Waals surface area contributed by atoms with Gasteiger partial charge in [-0.25, -0.2) is 0 Å². The molecule has 0 heterocycles. The maximum atomic E-state index is 12.5. The zero-order chi connectivity index (χ0) is 53.6. The number of rotatable bonds is 64. The molecule has 0 saturated heterocycles. The van der Waals surface area contributed by atoms with Crippen LogP contribution in [0.15, 0.2) is 12.2 Å². The molecule has 440 valence electrons. The zero-order valence-corrected chi connectivity index (χ0v) is 50.4. The number of nitrogens with one attached hydrogen (secondary N) is 1. The molecule has 0 spiro atoms. The molecule has 0 aromatic carbocycles. The minimum absolute atomic E-state index is 0.0224. The Hall–Kier alpha value is -1.40. The van der Waals surface area contributed by atoms with E-state index in [9.17, 15) is 19.8 Å². The summed E-state index contributed by atoms with van der Waals surface area (Å²) in [6.07, 6.45) is 78.6. The van der Waals surface area contributed by atoms with Crippen molar-refractivity contribution in [2.75, 3.05) is 13.2 Å². The van der Waals surface area contributed by atoms with Gasteiger partial charge in [-0.15, -0.1) is 0 Å². The highest BCUT2D eigenvalue weighted by atomic mass is 16.5. The summed E-state index contributed by atoms with van der Waals surface area (Å²) in [5.74, 6) is -0.0410. The first-order valence-corrected chi connectivity index (χ1v) is 34.0. The van der Waals surface area contributed by atoms with Crippen LogP contribution in [0.4, 0.5) is 0 Å². The molecule has 6 heteroatoms. The molecule has 74 heavy (non-hydrogen) atoms. The van der Waals surface area contributed by atoms with Gasteiger partial charge < -0.3 is 20.3 Å². The largest absolute Gasteiger partial charge is 0.466 e. The molecule has 3 N–H and O–H groups in total. The second-order valence-corrected chi connectivity index (χ2v) is 23.5. The lowest BCUT2D eigenvalue weighted by atomic mass is 10.0. The fourth-order valence-electron chi connectivity index (χ4n) is 10.9. The number of ether oxygens (including phenoxy) is 1. The van der Waals surface area contributed by atoms with Gasteiger partial charge in [-0.05, 0) is 32.1 Å². The van der Waals surface area contributed by atoms with Crippen LogP contribution in [0.5, 0.6) is 0 Å². The summed E-state index contributed by atoms with van der Waals surface area (Å²) < 4.78 is 5.51. The molecule has 0 aliphatic rings. The predicted octanol–water partition coefficient (Wildman–Crippen LogP) is 21.6. The van der Waals surface area contributed by atoms with Crippen molar-refractivity contribution in [3.05, 3.63) is 12.2 Å². The molecule has 0 saturated carbocycles. The summed E-state index contributed by atoms with van der Waals surface area (Å²) in [5, 5.41) is 23.1. The minimum Gasteiger partial charge on any atom is -0.466 e. The summed E-state index contributed by atoms with van der Waals surface area (Å²) in [5.41, 5.74) is 0. The number of amides is 1. The molecule has 1 amide bonds. The van der Waals surface area contributed by atoms with Crippen LogP contribution < -0.4 is 5.32 Å². The smallest absolute Gasteiger partial charge is 0.305 e. The summed E-state index contributed by atoms with van der Waals surface area (Å²) >= 11 is 0. The van der Waals surface area contributed by atoms with E-state index in [2.05, 4.69) is 19.2 Å². The lowest BCUT2D eigenvalue weighted by Crippen LogP contribution is -2.45. The number of allylic oxidation sites excluding steroid dienone is 1. The van der Waals surface area contributed by atoms with Crippen molar-refractivity contribution in [3.63, 3.8) is 0 Å². The molecule has 0 aromatic heterocycles. The molecule has 0 radical (unpaired) electrons. The molecule has 2 unspecified atom stereocenters. The molecule has 0 rings (SSSR count). The first kappa shape index (κ1) is 72.6. The van der Waals surface area contributed by atoms with Gasteiger partial charge in [0.1, 0.15) is 0 Å². The van der Waals surface area contributed by atoms with E-state index in [-0.39, 0.29) is 18.5 Å². The van der Waals surface area contributed by atoms with Crippen molar-refractivity contribution in [1.29, 1.82) is 0 Å². The highest BCUT2D eigenvalue weighted by Crippen LogP contribution is 2.19. The quantitative estimate of drug-likeness (QED) is 0.0320. The van der Waals surface area contributed by atoms with E-state index in [1.54, 1.807) is 6.08 Å². The van der Waals surface area contributed by atoms with Crippen molar-refractivity contribution in [2.45, 2.75) is 398 Å². The van der Waals surface area contributed by atoms with E-state index in [1.807, 2.05) is 6.08 Å². The molecule has 6 nitrogen and oxygen atoms in total. The number of unbranched alkanes of at least 4 members (excludes halogenated alkanes) is 53. The summed E-state index contributed by atoms with van der Waals surface area (Å²) in [7, 11) is 0. The van der Waals surface area contributed by atoms with Gasteiger partial charge in [0.2, 0.25) is 5.91 Å². The van der Waals surface area contributed by atoms with E-state index in [1.165, 1.54) is 321 Å². The van der Waals surface area contributed by atoms with Crippen molar-refractivity contribution < 1.29 is 24.5 Å². The second kappa shape index (κ2) is 64.1. The molecule has 2 atom stereocenters. The number of hydrogen-bond donors (Lipinski definition) is 3. The third-order valence-corrected chi connectivity index (χ3v) is 16.1. The number of carbonyl (C=O) groups is 2. The fraction of sp³-hybridized carbons (Fsp3) is 0.941. The predicted molar refractivity (Wildman–Crippen MR) is 324 cm³/mol. The van der Waals surface area contributed by atoms with E-state index in [0.29, 0.717) is 19.4 Å². The van der Waals surface area contributed by atoms with Crippen molar-refractivity contribution in [2.24, 2.45) is 0 Å². The van der Waals surface area contributed by atoms with Crippen molar-refractivity contribution in [1.82, 2.24) is 5.32 Å². The summed E-state index contributed by atoms with van der Waals surface area (Å²) in [4.78, 5) is 24.6. The Kier molecular flexibility index (Phi) is 62.9. The Bertz CT molecular complexity index is 1110. The van der Waals surface area contributed by atoms with E-state index in [0.717, 1.165) is 38.5 Å². The zero-order valence-electron chi connectivity index (χ0n) is 50.4. The van der Waals surface area contributed by atoms with E-state index in [4.69, 9.17) is 4.74 Å². The maximum absolute atomic E-state index is 12.5. The van der Waals surface area contributed by atoms with Crippen LogP contribution >= 0.6 is 0 Å². The number of aliphatic hydroxyl groups excluding tert-OH is 2.